The van der Waals surface area contributed by atoms with Gasteiger partial charge < -0.3 is 42.9 Å². The molecule has 0 aliphatic rings. The lowest BCUT2D eigenvalue weighted by Gasteiger charge is -2.27. The number of hydrogen-bond donors (Lipinski definition) is 8. The minimum atomic E-state index is -1.48. The van der Waals surface area contributed by atoms with E-state index < -0.39 is 72.3 Å². The molecule has 0 aliphatic heterocycles. The Hall–Kier alpha value is -4.04. The molecule has 0 radical (unpaired) electrons. The number of amides is 5. The van der Waals surface area contributed by atoms with Crippen LogP contribution in [0.4, 0.5) is 0 Å². The molecule has 5 atom stereocenters. The van der Waals surface area contributed by atoms with E-state index in [2.05, 4.69) is 21.3 Å². The van der Waals surface area contributed by atoms with Crippen LogP contribution in [-0.2, 0) is 35.2 Å². The quantitative estimate of drug-likeness (QED) is 0.0954. The third kappa shape index (κ3) is 14.1. The number of benzene rings is 1. The molecule has 0 fully saturated rings. The molecule has 5 amide bonds. The molecule has 0 unspecified atom stereocenters. The summed E-state index contributed by atoms with van der Waals surface area (Å²) in [6.45, 7) is 6.42. The van der Waals surface area contributed by atoms with E-state index in [4.69, 9.17) is 11.5 Å². The summed E-state index contributed by atoms with van der Waals surface area (Å²) in [4.78, 5) is 74.7. The average molecular weight is 607 g/mol. The smallest absolute Gasteiger partial charge is 0.326 e. The second kappa shape index (κ2) is 18.5. The molecule has 0 bridgehead atoms. The molecule has 1 rings (SSSR count). The van der Waals surface area contributed by atoms with Gasteiger partial charge in [0, 0.05) is 12.8 Å². The number of hydrogen-bond acceptors (Lipinski definition) is 8. The maximum absolute atomic E-state index is 13.1. The van der Waals surface area contributed by atoms with Gasteiger partial charge in [-0.15, -0.1) is 0 Å². The van der Waals surface area contributed by atoms with Crippen molar-refractivity contribution < 1.29 is 39.0 Å². The SMILES string of the molecule is CC(C)C[C@H](NC(=O)[C@H](CO)NC(=O)[C@H](CC(C)C)NC(=O)[C@@H](N)CCC(N)=O)C(=O)N[C@@H](Cc1ccccc1)C(=O)O. The first-order valence-electron chi connectivity index (χ1n) is 14.3. The third-order valence-corrected chi connectivity index (χ3v) is 6.43. The van der Waals surface area contributed by atoms with Crippen LogP contribution in [0.15, 0.2) is 30.3 Å². The molecule has 0 spiro atoms. The van der Waals surface area contributed by atoms with Crippen molar-refractivity contribution in [2.45, 2.75) is 90.0 Å². The molecule has 240 valence electrons. The van der Waals surface area contributed by atoms with Crippen LogP contribution >= 0.6 is 0 Å². The van der Waals surface area contributed by atoms with Crippen molar-refractivity contribution in [3.05, 3.63) is 35.9 Å². The fourth-order valence-electron chi connectivity index (χ4n) is 4.17. The van der Waals surface area contributed by atoms with Crippen molar-refractivity contribution in [2.24, 2.45) is 23.3 Å². The highest BCUT2D eigenvalue weighted by atomic mass is 16.4. The second-order valence-electron chi connectivity index (χ2n) is 11.3. The molecule has 0 aromatic heterocycles. The van der Waals surface area contributed by atoms with Crippen LogP contribution in [0, 0.1) is 11.8 Å². The third-order valence-electron chi connectivity index (χ3n) is 6.43. The van der Waals surface area contributed by atoms with Crippen molar-refractivity contribution in [3.63, 3.8) is 0 Å². The van der Waals surface area contributed by atoms with Gasteiger partial charge in [0.25, 0.3) is 0 Å². The first-order valence-corrected chi connectivity index (χ1v) is 14.3. The van der Waals surface area contributed by atoms with Crippen molar-refractivity contribution in [1.82, 2.24) is 21.3 Å². The Labute approximate surface area is 251 Å². The van der Waals surface area contributed by atoms with Crippen LogP contribution < -0.4 is 32.7 Å². The zero-order chi connectivity index (χ0) is 32.7. The Morgan fingerprint density at radius 2 is 1.16 bits per heavy atom. The monoisotopic (exact) mass is 606 g/mol. The van der Waals surface area contributed by atoms with Gasteiger partial charge in [0.1, 0.15) is 24.2 Å². The predicted octanol–water partition coefficient (Wildman–Crippen LogP) is -1.07. The van der Waals surface area contributed by atoms with Gasteiger partial charge in [0.15, 0.2) is 0 Å². The normalized spacial score (nSPS) is 14.6. The Balaban J connectivity index is 2.99. The van der Waals surface area contributed by atoms with E-state index >= 15 is 0 Å². The number of carboxylic acids is 1. The van der Waals surface area contributed by atoms with Crippen molar-refractivity contribution in [2.75, 3.05) is 6.61 Å². The minimum absolute atomic E-state index is 0.0216. The predicted molar refractivity (Wildman–Crippen MR) is 158 cm³/mol. The first-order chi connectivity index (χ1) is 20.1. The van der Waals surface area contributed by atoms with Crippen LogP contribution in [0.2, 0.25) is 0 Å². The molecule has 0 saturated carbocycles. The first kappa shape index (κ1) is 37.0. The van der Waals surface area contributed by atoms with E-state index in [0.717, 1.165) is 0 Å². The summed E-state index contributed by atoms with van der Waals surface area (Å²) in [5, 5.41) is 29.5. The molecular formula is C29H46N6O8. The van der Waals surface area contributed by atoms with Gasteiger partial charge in [0.2, 0.25) is 29.5 Å². The Bertz CT molecular complexity index is 1100. The zero-order valence-corrected chi connectivity index (χ0v) is 25.2. The number of carboxylic acid groups (broad SMARTS) is 1. The van der Waals surface area contributed by atoms with E-state index in [1.807, 2.05) is 27.7 Å². The summed E-state index contributed by atoms with van der Waals surface area (Å²) in [5.74, 6) is -5.09. The number of nitrogens with one attached hydrogen (secondary N) is 4. The molecule has 14 heteroatoms. The highest BCUT2D eigenvalue weighted by Gasteiger charge is 2.32. The van der Waals surface area contributed by atoms with Gasteiger partial charge in [-0.3, -0.25) is 24.0 Å². The maximum atomic E-state index is 13.1. The fraction of sp³-hybridized carbons (Fsp3) is 0.586. The van der Waals surface area contributed by atoms with Crippen molar-refractivity contribution in [1.29, 1.82) is 0 Å². The van der Waals surface area contributed by atoms with E-state index in [1.54, 1.807) is 30.3 Å². The number of rotatable bonds is 19. The highest BCUT2D eigenvalue weighted by molar-refractivity contribution is 5.95. The molecule has 1 aromatic carbocycles. The number of nitrogens with two attached hydrogens (primary N) is 2. The molecule has 0 heterocycles. The zero-order valence-electron chi connectivity index (χ0n) is 25.2. The van der Waals surface area contributed by atoms with E-state index in [-0.39, 0.29) is 43.9 Å². The summed E-state index contributed by atoms with van der Waals surface area (Å²) in [7, 11) is 0. The molecule has 14 nitrogen and oxygen atoms in total. The van der Waals surface area contributed by atoms with Gasteiger partial charge in [-0.05, 0) is 36.7 Å². The van der Waals surface area contributed by atoms with Gasteiger partial charge in [0.05, 0.1) is 12.6 Å². The minimum Gasteiger partial charge on any atom is -0.480 e. The molecular weight excluding hydrogens is 560 g/mol. The van der Waals surface area contributed by atoms with E-state index in [9.17, 15) is 39.0 Å². The summed E-state index contributed by atoms with van der Waals surface area (Å²) in [6, 6.07) is 2.62. The van der Waals surface area contributed by atoms with Crippen molar-refractivity contribution in [3.8, 4) is 0 Å². The van der Waals surface area contributed by atoms with Gasteiger partial charge in [-0.25, -0.2) is 4.79 Å². The fourth-order valence-corrected chi connectivity index (χ4v) is 4.17. The number of carbonyl (C=O) groups excluding carboxylic acids is 5. The summed E-state index contributed by atoms with van der Waals surface area (Å²) in [5.41, 5.74) is 11.6. The van der Waals surface area contributed by atoms with Crippen LogP contribution in [0.3, 0.4) is 0 Å². The molecule has 10 N–H and O–H groups in total. The maximum Gasteiger partial charge on any atom is 0.326 e. The summed E-state index contributed by atoms with van der Waals surface area (Å²) >= 11 is 0. The number of aliphatic hydroxyl groups excluding tert-OH is 1. The number of carbonyl (C=O) groups is 6. The van der Waals surface area contributed by atoms with Crippen molar-refractivity contribution >= 4 is 35.5 Å². The second-order valence-corrected chi connectivity index (χ2v) is 11.3. The van der Waals surface area contributed by atoms with Crippen LogP contribution in [0.5, 0.6) is 0 Å². The average Bonchev–Trinajstić information content (AvgIpc) is 2.93. The van der Waals surface area contributed by atoms with Crippen LogP contribution in [0.25, 0.3) is 0 Å². The highest BCUT2D eigenvalue weighted by Crippen LogP contribution is 2.10. The Kier molecular flexibility index (Phi) is 15.9. The lowest BCUT2D eigenvalue weighted by molar-refractivity contribution is -0.142. The standard InChI is InChI=1S/C29H46N6O8/c1-16(2)12-20(32-25(38)19(30)10-11-24(31)37)27(40)35-23(15-36)28(41)33-21(13-17(3)4)26(39)34-22(29(42)43)14-18-8-6-5-7-9-18/h5-9,16-17,19-23,36H,10-15,30H2,1-4H3,(H2,31,37)(H,32,38)(H,33,41)(H,34,39)(H,35,40)(H,42,43)/t19-,20-,21-,22-,23-/m0/s1. The topological polar surface area (TPSA) is 243 Å². The Morgan fingerprint density at radius 1 is 0.721 bits per heavy atom. The number of aliphatic carboxylic acids is 1. The van der Waals surface area contributed by atoms with Gasteiger partial charge >= 0.3 is 5.97 Å². The number of aliphatic hydroxyl groups is 1. The van der Waals surface area contributed by atoms with Crippen LogP contribution in [-0.4, -0.2) is 82.5 Å². The lowest BCUT2D eigenvalue weighted by atomic mass is 10.0. The molecule has 0 aliphatic carbocycles. The largest absolute Gasteiger partial charge is 0.480 e. The van der Waals surface area contributed by atoms with E-state index in [0.29, 0.717) is 5.56 Å². The van der Waals surface area contributed by atoms with E-state index in [1.165, 1.54) is 0 Å². The Morgan fingerprint density at radius 3 is 1.60 bits per heavy atom. The molecule has 1 aromatic rings. The molecule has 43 heavy (non-hydrogen) atoms. The molecule has 0 saturated heterocycles. The summed E-state index contributed by atoms with van der Waals surface area (Å²) in [6.07, 6.45) is 0.209. The van der Waals surface area contributed by atoms with Gasteiger partial charge in [-0.1, -0.05) is 58.0 Å². The lowest BCUT2D eigenvalue weighted by Crippen LogP contribution is -2.59. The van der Waals surface area contributed by atoms with Gasteiger partial charge in [-0.2, -0.15) is 0 Å². The summed E-state index contributed by atoms with van der Waals surface area (Å²) < 4.78 is 0. The number of primary amides is 1. The van der Waals surface area contributed by atoms with Crippen LogP contribution in [0.1, 0.15) is 58.9 Å².